The molecule has 2 N–H and O–H groups in total. The van der Waals surface area contributed by atoms with E-state index in [-0.39, 0.29) is 42.5 Å². The van der Waals surface area contributed by atoms with Crippen LogP contribution in [0.5, 0.6) is 5.75 Å². The van der Waals surface area contributed by atoms with Gasteiger partial charge < -0.3 is 15.2 Å². The molecule has 0 radical (unpaired) electrons. The van der Waals surface area contributed by atoms with Gasteiger partial charge in [-0.25, -0.2) is 0 Å². The minimum atomic E-state index is -0.530. The smallest absolute Gasteiger partial charge is 0.273 e. The molecule has 1 aromatic rings. The van der Waals surface area contributed by atoms with Crippen LogP contribution in [-0.4, -0.2) is 35.2 Å². The lowest BCUT2D eigenvalue weighted by molar-refractivity contribution is -0.384. The maximum atomic E-state index is 11.6. The van der Waals surface area contributed by atoms with Gasteiger partial charge in [0.2, 0.25) is 0 Å². The summed E-state index contributed by atoms with van der Waals surface area (Å²) in [4.78, 5) is 21.7. The van der Waals surface area contributed by atoms with Crippen LogP contribution in [0.2, 0.25) is 0 Å². The highest BCUT2D eigenvalue weighted by Crippen LogP contribution is 2.18. The Labute approximate surface area is 116 Å². The van der Waals surface area contributed by atoms with E-state index in [4.69, 9.17) is 9.84 Å². The summed E-state index contributed by atoms with van der Waals surface area (Å²) in [5, 5.41) is 22.2. The fourth-order valence-electron chi connectivity index (χ4n) is 1.43. The van der Waals surface area contributed by atoms with Gasteiger partial charge in [0.1, 0.15) is 5.75 Å². The van der Waals surface area contributed by atoms with Crippen molar-refractivity contribution in [2.45, 2.75) is 19.9 Å². The van der Waals surface area contributed by atoms with E-state index in [9.17, 15) is 14.9 Å². The third kappa shape index (κ3) is 4.85. The molecule has 0 bridgehead atoms. The molecule has 1 aromatic carbocycles. The Kier molecular flexibility index (Phi) is 5.92. The molecule has 0 aliphatic rings. The molecule has 0 heterocycles. The van der Waals surface area contributed by atoms with E-state index in [0.29, 0.717) is 0 Å². The molecule has 0 aromatic heterocycles. The van der Waals surface area contributed by atoms with Crippen LogP contribution < -0.4 is 10.1 Å². The number of nitrogens with one attached hydrogen (secondary N) is 1. The van der Waals surface area contributed by atoms with E-state index < -0.39 is 4.92 Å². The van der Waals surface area contributed by atoms with E-state index in [2.05, 4.69) is 5.32 Å². The lowest BCUT2D eigenvalue weighted by atomic mass is 10.1. The minimum Gasteiger partial charge on any atom is -0.484 e. The number of rotatable bonds is 7. The zero-order valence-electron chi connectivity index (χ0n) is 11.4. The Morgan fingerprint density at radius 2 is 2.20 bits per heavy atom. The lowest BCUT2D eigenvalue weighted by Crippen LogP contribution is -2.40. The summed E-state index contributed by atoms with van der Waals surface area (Å²) in [5.74, 6) is -0.140. The first-order valence-electron chi connectivity index (χ1n) is 6.21. The topological polar surface area (TPSA) is 102 Å². The molecule has 2 unspecified atom stereocenters. The van der Waals surface area contributed by atoms with Crippen molar-refractivity contribution in [1.82, 2.24) is 5.32 Å². The number of amides is 1. The van der Waals surface area contributed by atoms with Gasteiger partial charge in [-0.1, -0.05) is 13.0 Å². The fraction of sp³-hybridized carbons (Fsp3) is 0.462. The highest BCUT2D eigenvalue weighted by atomic mass is 16.6. The van der Waals surface area contributed by atoms with Gasteiger partial charge in [-0.05, 0) is 18.9 Å². The maximum absolute atomic E-state index is 11.6. The quantitative estimate of drug-likeness (QED) is 0.576. The van der Waals surface area contributed by atoms with Crippen LogP contribution >= 0.6 is 0 Å². The summed E-state index contributed by atoms with van der Waals surface area (Å²) in [5.41, 5.74) is -0.0924. The number of aliphatic hydroxyl groups is 1. The number of nitro benzene ring substituents is 1. The second-order valence-corrected chi connectivity index (χ2v) is 4.56. The van der Waals surface area contributed by atoms with Gasteiger partial charge in [-0.15, -0.1) is 0 Å². The molecular weight excluding hydrogens is 264 g/mol. The molecule has 110 valence electrons. The number of nitro groups is 1. The van der Waals surface area contributed by atoms with Gasteiger partial charge in [-0.3, -0.25) is 14.9 Å². The zero-order chi connectivity index (χ0) is 15.1. The Morgan fingerprint density at radius 3 is 2.80 bits per heavy atom. The first-order chi connectivity index (χ1) is 9.43. The van der Waals surface area contributed by atoms with Crippen LogP contribution in [0, 0.1) is 16.0 Å². The summed E-state index contributed by atoms with van der Waals surface area (Å²) in [6, 6.07) is 5.45. The van der Waals surface area contributed by atoms with Crippen molar-refractivity contribution in [1.29, 1.82) is 0 Å². The lowest BCUT2D eigenvalue weighted by Gasteiger charge is -2.19. The van der Waals surface area contributed by atoms with Crippen molar-refractivity contribution in [3.8, 4) is 5.75 Å². The summed E-state index contributed by atoms with van der Waals surface area (Å²) in [6.45, 7) is 3.34. The number of carbonyl (C=O) groups excluding carboxylic acids is 1. The zero-order valence-corrected chi connectivity index (χ0v) is 11.4. The van der Waals surface area contributed by atoms with Crippen molar-refractivity contribution in [2.75, 3.05) is 13.2 Å². The minimum absolute atomic E-state index is 0.0207. The first kappa shape index (κ1) is 15.9. The van der Waals surface area contributed by atoms with Crippen molar-refractivity contribution < 1.29 is 19.6 Å². The van der Waals surface area contributed by atoms with Crippen LogP contribution in [0.1, 0.15) is 13.8 Å². The van der Waals surface area contributed by atoms with E-state index in [0.717, 1.165) is 0 Å². The number of ether oxygens (including phenoxy) is 1. The summed E-state index contributed by atoms with van der Waals surface area (Å²) in [7, 11) is 0. The Hall–Kier alpha value is -2.15. The molecule has 7 nitrogen and oxygen atoms in total. The number of aliphatic hydroxyl groups excluding tert-OH is 1. The summed E-state index contributed by atoms with van der Waals surface area (Å²) < 4.78 is 5.19. The van der Waals surface area contributed by atoms with Crippen molar-refractivity contribution in [2.24, 2.45) is 5.92 Å². The molecule has 1 amide bonds. The monoisotopic (exact) mass is 282 g/mol. The number of hydrogen-bond donors (Lipinski definition) is 2. The standard InChI is InChI=1S/C13H18N2O5/c1-9(7-16)10(2)14-13(17)8-20-12-5-3-4-11(6-12)15(18)19/h3-6,9-10,16H,7-8H2,1-2H3,(H,14,17). The van der Waals surface area contributed by atoms with E-state index in [1.54, 1.807) is 13.0 Å². The van der Waals surface area contributed by atoms with E-state index >= 15 is 0 Å². The average molecular weight is 282 g/mol. The molecule has 20 heavy (non-hydrogen) atoms. The molecule has 0 saturated carbocycles. The first-order valence-corrected chi connectivity index (χ1v) is 6.21. The third-order valence-electron chi connectivity index (χ3n) is 2.93. The molecule has 7 heteroatoms. The van der Waals surface area contributed by atoms with Crippen molar-refractivity contribution in [3.05, 3.63) is 34.4 Å². The molecule has 2 atom stereocenters. The Balaban J connectivity index is 2.49. The third-order valence-corrected chi connectivity index (χ3v) is 2.93. The van der Waals surface area contributed by atoms with Crippen LogP contribution in [0.3, 0.4) is 0 Å². The Morgan fingerprint density at radius 1 is 1.50 bits per heavy atom. The molecule has 1 rings (SSSR count). The van der Waals surface area contributed by atoms with Crippen LogP contribution in [-0.2, 0) is 4.79 Å². The van der Waals surface area contributed by atoms with Gasteiger partial charge in [0, 0.05) is 18.7 Å². The Bertz CT molecular complexity index is 478. The highest BCUT2D eigenvalue weighted by molar-refractivity contribution is 5.77. The van der Waals surface area contributed by atoms with Gasteiger partial charge in [0.05, 0.1) is 11.0 Å². The normalized spacial score (nSPS) is 13.3. The second-order valence-electron chi connectivity index (χ2n) is 4.56. The predicted octanol–water partition coefficient (Wildman–Crippen LogP) is 1.11. The number of non-ortho nitro benzene ring substituents is 1. The predicted molar refractivity (Wildman–Crippen MR) is 72.4 cm³/mol. The van der Waals surface area contributed by atoms with Gasteiger partial charge in [-0.2, -0.15) is 0 Å². The summed E-state index contributed by atoms with van der Waals surface area (Å²) >= 11 is 0. The summed E-state index contributed by atoms with van der Waals surface area (Å²) in [6.07, 6.45) is 0. The van der Waals surface area contributed by atoms with Gasteiger partial charge >= 0.3 is 0 Å². The molecule has 0 spiro atoms. The molecule has 0 aliphatic heterocycles. The van der Waals surface area contributed by atoms with Crippen LogP contribution in [0.15, 0.2) is 24.3 Å². The average Bonchev–Trinajstić information content (AvgIpc) is 2.44. The number of benzene rings is 1. The molecule has 0 fully saturated rings. The highest BCUT2D eigenvalue weighted by Gasteiger charge is 2.14. The molecular formula is C13H18N2O5. The SMILES string of the molecule is CC(CO)C(C)NC(=O)COc1cccc([N+](=O)[O-])c1. The maximum Gasteiger partial charge on any atom is 0.273 e. The molecule has 0 saturated heterocycles. The van der Waals surface area contributed by atoms with Gasteiger partial charge in [0.15, 0.2) is 6.61 Å². The van der Waals surface area contributed by atoms with Crippen LogP contribution in [0.25, 0.3) is 0 Å². The number of carbonyl (C=O) groups is 1. The van der Waals surface area contributed by atoms with Crippen molar-refractivity contribution in [3.63, 3.8) is 0 Å². The molecule has 0 aliphatic carbocycles. The van der Waals surface area contributed by atoms with Crippen LogP contribution in [0.4, 0.5) is 5.69 Å². The van der Waals surface area contributed by atoms with Gasteiger partial charge in [0.25, 0.3) is 11.6 Å². The second kappa shape index (κ2) is 7.44. The van der Waals surface area contributed by atoms with Crippen molar-refractivity contribution >= 4 is 11.6 Å². The fourth-order valence-corrected chi connectivity index (χ4v) is 1.43. The number of nitrogens with zero attached hydrogens (tertiary/aromatic N) is 1. The largest absolute Gasteiger partial charge is 0.484 e. The van der Waals surface area contributed by atoms with E-state index in [1.165, 1.54) is 18.2 Å². The number of hydrogen-bond acceptors (Lipinski definition) is 5. The van der Waals surface area contributed by atoms with E-state index in [1.807, 2.05) is 6.92 Å².